The molecule has 0 spiro atoms. The largest absolute Gasteiger partial charge is 0.478 e. The number of para-hydroxylation sites is 1. The summed E-state index contributed by atoms with van der Waals surface area (Å²) in [6, 6.07) is 10.4. The molecule has 15 nitrogen and oxygen atoms in total. The summed E-state index contributed by atoms with van der Waals surface area (Å²) in [6.07, 6.45) is 0. The number of carboxylic acid groups (broad SMARTS) is 3. The van der Waals surface area contributed by atoms with E-state index in [-0.39, 0.29) is 26.9 Å². The van der Waals surface area contributed by atoms with Crippen molar-refractivity contribution < 1.29 is 44.5 Å². The summed E-state index contributed by atoms with van der Waals surface area (Å²) in [7, 11) is 0. The second-order valence-corrected chi connectivity index (χ2v) is 7.90. The molecule has 0 bridgehead atoms. The highest BCUT2D eigenvalue weighted by Crippen LogP contribution is 2.30. The Balaban J connectivity index is 0.000000296. The molecule has 0 saturated heterocycles. The summed E-state index contributed by atoms with van der Waals surface area (Å²) in [6.45, 7) is 0. The highest BCUT2D eigenvalue weighted by atomic mass is 35.5. The van der Waals surface area contributed by atoms with Crippen LogP contribution in [0.2, 0.25) is 15.1 Å². The molecule has 0 aliphatic rings. The van der Waals surface area contributed by atoms with Crippen LogP contribution < -0.4 is 0 Å². The van der Waals surface area contributed by atoms with Crippen molar-refractivity contribution in [3.05, 3.63) is 117 Å². The number of carbonyl (C=O) groups is 3. The predicted molar refractivity (Wildman–Crippen MR) is 135 cm³/mol. The highest BCUT2D eigenvalue weighted by Gasteiger charge is 2.31. The smallest absolute Gasteiger partial charge is 0.360 e. The van der Waals surface area contributed by atoms with Gasteiger partial charge >= 0.3 is 29.3 Å². The molecule has 0 aliphatic heterocycles. The van der Waals surface area contributed by atoms with Gasteiger partial charge in [-0.25, -0.2) is 14.4 Å². The second kappa shape index (κ2) is 14.2. The van der Waals surface area contributed by atoms with Gasteiger partial charge in [0.25, 0.3) is 5.69 Å². The van der Waals surface area contributed by atoms with E-state index < -0.39 is 49.6 Å². The third-order valence-electron chi connectivity index (χ3n) is 4.17. The number of halogens is 3. The van der Waals surface area contributed by atoms with Crippen molar-refractivity contribution in [2.45, 2.75) is 0 Å². The molecule has 39 heavy (non-hydrogen) atoms. The first-order chi connectivity index (χ1) is 18.1. The van der Waals surface area contributed by atoms with E-state index in [1.165, 1.54) is 24.3 Å². The lowest BCUT2D eigenvalue weighted by atomic mass is 10.1. The summed E-state index contributed by atoms with van der Waals surface area (Å²) in [4.78, 5) is 59.9. The Morgan fingerprint density at radius 3 is 1.51 bits per heavy atom. The number of nitro groups is 3. The fourth-order valence-electron chi connectivity index (χ4n) is 2.50. The molecule has 3 aromatic carbocycles. The van der Waals surface area contributed by atoms with Gasteiger partial charge in [0.05, 0.1) is 35.9 Å². The Morgan fingerprint density at radius 2 is 1.10 bits per heavy atom. The lowest BCUT2D eigenvalue weighted by Crippen LogP contribution is -2.05. The summed E-state index contributed by atoms with van der Waals surface area (Å²) >= 11 is 16.6. The zero-order valence-electron chi connectivity index (χ0n) is 18.7. The molecule has 0 radical (unpaired) electrons. The number of hydrogen-bond acceptors (Lipinski definition) is 9. The Hall–Kier alpha value is -4.86. The van der Waals surface area contributed by atoms with Crippen molar-refractivity contribution in [3.8, 4) is 0 Å². The fraction of sp³-hybridized carbons (Fsp3) is 0. The topological polar surface area (TPSA) is 241 Å². The van der Waals surface area contributed by atoms with Gasteiger partial charge in [0.15, 0.2) is 0 Å². The van der Waals surface area contributed by atoms with Crippen LogP contribution in [0.15, 0.2) is 54.6 Å². The monoisotopic (exact) mass is 603 g/mol. The minimum Gasteiger partial charge on any atom is -0.478 e. The number of hydrogen-bond donors (Lipinski definition) is 3. The van der Waals surface area contributed by atoms with E-state index in [1.807, 2.05) is 0 Å². The summed E-state index contributed by atoms with van der Waals surface area (Å²) in [5.74, 6) is -3.93. The van der Waals surface area contributed by atoms with Crippen molar-refractivity contribution in [1.29, 1.82) is 0 Å². The van der Waals surface area contributed by atoms with Crippen LogP contribution in [0.1, 0.15) is 31.1 Å². The average molecular weight is 605 g/mol. The Morgan fingerprint density at radius 1 is 0.615 bits per heavy atom. The molecule has 3 aromatic rings. The Labute approximate surface area is 230 Å². The summed E-state index contributed by atoms with van der Waals surface area (Å²) < 4.78 is 0. The maximum atomic E-state index is 10.6. The number of nitrogens with zero attached hydrogens (tertiary/aromatic N) is 3. The molecule has 3 rings (SSSR count). The first-order valence-corrected chi connectivity index (χ1v) is 10.7. The second-order valence-electron chi connectivity index (χ2n) is 6.65. The molecule has 0 fully saturated rings. The van der Waals surface area contributed by atoms with E-state index in [0.717, 1.165) is 30.3 Å². The van der Waals surface area contributed by atoms with E-state index in [4.69, 9.17) is 50.1 Å². The standard InChI is InChI=1S/C7H4Cl2O2.C7H4ClNO4.C7H4N2O6/c8-4-1-2-6(9)5(3-4)7(10)11;8-6-2-1-4(9(12)13)3-5(6)7(10)11;10-7(11)4-2-1-3-5(8(12)13)6(4)9(14)15/h1-3H,(H,10,11);1-3H,(H,10,11);1-3H,(H,10,11). The molecular weight excluding hydrogens is 593 g/mol. The average Bonchev–Trinajstić information content (AvgIpc) is 2.85. The quantitative estimate of drug-likeness (QED) is 0.222. The van der Waals surface area contributed by atoms with E-state index in [9.17, 15) is 44.7 Å². The number of nitro benzene ring substituents is 3. The van der Waals surface area contributed by atoms with E-state index >= 15 is 0 Å². The molecule has 0 heterocycles. The zero-order valence-corrected chi connectivity index (χ0v) is 21.0. The van der Waals surface area contributed by atoms with Crippen LogP contribution in [0.4, 0.5) is 17.1 Å². The van der Waals surface area contributed by atoms with Crippen LogP contribution in [0.25, 0.3) is 0 Å². The van der Waals surface area contributed by atoms with Gasteiger partial charge in [0, 0.05) is 23.2 Å². The number of carboxylic acids is 3. The lowest BCUT2D eigenvalue weighted by Gasteiger charge is -1.97. The van der Waals surface area contributed by atoms with Gasteiger partial charge in [-0.15, -0.1) is 0 Å². The predicted octanol–water partition coefficient (Wildman–Crippen LogP) is 5.84. The normalized spacial score (nSPS) is 9.62. The van der Waals surface area contributed by atoms with Crippen LogP contribution in [0.5, 0.6) is 0 Å². The van der Waals surface area contributed by atoms with Crippen molar-refractivity contribution >= 4 is 69.8 Å². The van der Waals surface area contributed by atoms with Gasteiger partial charge in [-0.2, -0.15) is 0 Å². The highest BCUT2D eigenvalue weighted by molar-refractivity contribution is 6.35. The SMILES string of the molecule is O=C(O)c1cc(Cl)ccc1Cl.O=C(O)c1cc([N+](=O)[O-])ccc1Cl.O=C(O)c1cccc([N+](=O)[O-])c1[N+](=O)[O-]. The van der Waals surface area contributed by atoms with Crippen molar-refractivity contribution in [3.63, 3.8) is 0 Å². The molecule has 0 atom stereocenters. The van der Waals surface area contributed by atoms with Crippen LogP contribution in [0.3, 0.4) is 0 Å². The van der Waals surface area contributed by atoms with Gasteiger partial charge < -0.3 is 15.3 Å². The molecule has 0 aromatic heterocycles. The van der Waals surface area contributed by atoms with Gasteiger partial charge in [-0.3, -0.25) is 30.3 Å². The fourth-order valence-corrected chi connectivity index (χ4v) is 3.06. The molecule has 3 N–H and O–H groups in total. The van der Waals surface area contributed by atoms with Gasteiger partial charge in [0.2, 0.25) is 0 Å². The van der Waals surface area contributed by atoms with Crippen molar-refractivity contribution in [2.75, 3.05) is 0 Å². The first-order valence-electron chi connectivity index (χ1n) is 9.59. The van der Waals surface area contributed by atoms with E-state index in [1.54, 1.807) is 0 Å². The van der Waals surface area contributed by atoms with Gasteiger partial charge in [-0.05, 0) is 30.3 Å². The number of aromatic carboxylic acids is 3. The molecule has 0 amide bonds. The maximum absolute atomic E-state index is 10.6. The summed E-state index contributed by atoms with van der Waals surface area (Å²) in [5.41, 5.74) is -3.07. The number of rotatable bonds is 6. The first kappa shape index (κ1) is 32.2. The number of non-ortho nitro benzene ring substituents is 1. The molecule has 0 aliphatic carbocycles. The van der Waals surface area contributed by atoms with Crippen molar-refractivity contribution in [2.24, 2.45) is 0 Å². The molecule has 204 valence electrons. The third kappa shape index (κ3) is 9.19. The zero-order chi connectivity index (χ0) is 30.0. The molecule has 0 unspecified atom stereocenters. The molecule has 0 saturated carbocycles. The van der Waals surface area contributed by atoms with Crippen LogP contribution in [-0.4, -0.2) is 48.0 Å². The molecular formula is C21H12Cl3N3O12. The van der Waals surface area contributed by atoms with Crippen LogP contribution in [-0.2, 0) is 0 Å². The minimum absolute atomic E-state index is 0.0156. The number of benzene rings is 3. The third-order valence-corrected chi connectivity index (χ3v) is 5.07. The van der Waals surface area contributed by atoms with Crippen molar-refractivity contribution in [1.82, 2.24) is 0 Å². The van der Waals surface area contributed by atoms with Gasteiger partial charge in [-0.1, -0.05) is 40.9 Å². The summed E-state index contributed by atoms with van der Waals surface area (Å²) in [5, 5.41) is 57.4. The van der Waals surface area contributed by atoms with Gasteiger partial charge in [0.1, 0.15) is 5.56 Å². The molecule has 18 heteroatoms. The minimum atomic E-state index is -1.58. The van der Waals surface area contributed by atoms with Crippen LogP contribution in [0, 0.1) is 30.3 Å². The Kier molecular flexibility index (Phi) is 11.7. The Bertz CT molecular complexity index is 1450. The van der Waals surface area contributed by atoms with E-state index in [2.05, 4.69) is 0 Å². The maximum Gasteiger partial charge on any atom is 0.360 e. The lowest BCUT2D eigenvalue weighted by molar-refractivity contribution is -0.422. The van der Waals surface area contributed by atoms with E-state index in [0.29, 0.717) is 5.02 Å². The van der Waals surface area contributed by atoms with Crippen LogP contribution >= 0.6 is 34.8 Å².